The fraction of sp³-hybridized carbons (Fsp3) is 0.471. The van der Waals surface area contributed by atoms with Crippen LogP contribution in [0.3, 0.4) is 0 Å². The molecule has 0 unspecified atom stereocenters. The molecule has 0 heterocycles. The molecule has 1 atom stereocenters. The maximum atomic E-state index is 11.8. The lowest BCUT2D eigenvalue weighted by atomic mass is 10.1. The molecule has 24 heavy (non-hydrogen) atoms. The predicted molar refractivity (Wildman–Crippen MR) is 93.5 cm³/mol. The molecule has 3 amide bonds. The van der Waals surface area contributed by atoms with Crippen LogP contribution in [0.25, 0.3) is 0 Å². The fourth-order valence-electron chi connectivity index (χ4n) is 1.84. The van der Waals surface area contributed by atoms with Crippen LogP contribution in [0.2, 0.25) is 0 Å². The zero-order valence-corrected chi connectivity index (χ0v) is 14.6. The lowest BCUT2D eigenvalue weighted by Gasteiger charge is -2.15. The SMILES string of the molecule is CC(C)NC(=O)c1ccc(NC(=O)CNC(=O)[C@@H](N)C(C)C)cc1. The van der Waals surface area contributed by atoms with Crippen LogP contribution in [0.15, 0.2) is 24.3 Å². The highest BCUT2D eigenvalue weighted by Gasteiger charge is 2.17. The predicted octanol–water partition coefficient (Wildman–Crippen LogP) is 0.863. The Morgan fingerprint density at radius 3 is 2.12 bits per heavy atom. The maximum Gasteiger partial charge on any atom is 0.251 e. The van der Waals surface area contributed by atoms with Crippen molar-refractivity contribution in [2.75, 3.05) is 11.9 Å². The maximum absolute atomic E-state index is 11.8. The van der Waals surface area contributed by atoms with E-state index in [0.29, 0.717) is 11.3 Å². The quantitative estimate of drug-likeness (QED) is 0.592. The van der Waals surface area contributed by atoms with E-state index in [4.69, 9.17) is 5.73 Å². The first-order valence-electron chi connectivity index (χ1n) is 7.94. The third-order valence-corrected chi connectivity index (χ3v) is 3.29. The highest BCUT2D eigenvalue weighted by Crippen LogP contribution is 2.09. The molecule has 7 heteroatoms. The molecule has 0 saturated carbocycles. The van der Waals surface area contributed by atoms with E-state index >= 15 is 0 Å². The first kappa shape index (κ1) is 19.6. The van der Waals surface area contributed by atoms with Crippen molar-refractivity contribution in [3.63, 3.8) is 0 Å². The summed E-state index contributed by atoms with van der Waals surface area (Å²) >= 11 is 0. The molecule has 1 aromatic rings. The van der Waals surface area contributed by atoms with Crippen LogP contribution in [0.1, 0.15) is 38.1 Å². The van der Waals surface area contributed by atoms with Crippen molar-refractivity contribution in [3.05, 3.63) is 29.8 Å². The van der Waals surface area contributed by atoms with Gasteiger partial charge in [-0.2, -0.15) is 0 Å². The number of carbonyl (C=O) groups excluding carboxylic acids is 3. The van der Waals surface area contributed by atoms with Crippen LogP contribution in [-0.2, 0) is 9.59 Å². The van der Waals surface area contributed by atoms with E-state index < -0.39 is 6.04 Å². The van der Waals surface area contributed by atoms with Gasteiger partial charge in [0, 0.05) is 17.3 Å². The van der Waals surface area contributed by atoms with Gasteiger partial charge in [-0.05, 0) is 44.0 Å². The molecule has 0 fully saturated rings. The van der Waals surface area contributed by atoms with Crippen molar-refractivity contribution in [2.45, 2.75) is 39.8 Å². The van der Waals surface area contributed by atoms with Crippen LogP contribution < -0.4 is 21.7 Å². The molecule has 0 spiro atoms. The van der Waals surface area contributed by atoms with Gasteiger partial charge in [0.25, 0.3) is 5.91 Å². The van der Waals surface area contributed by atoms with E-state index in [1.807, 2.05) is 27.7 Å². The Kier molecular flexibility index (Phi) is 7.38. The molecule has 0 aliphatic rings. The van der Waals surface area contributed by atoms with Gasteiger partial charge in [-0.15, -0.1) is 0 Å². The Morgan fingerprint density at radius 1 is 1.04 bits per heavy atom. The molecule has 0 aliphatic carbocycles. The third-order valence-electron chi connectivity index (χ3n) is 3.29. The highest BCUT2D eigenvalue weighted by molar-refractivity contribution is 5.97. The molecule has 0 saturated heterocycles. The zero-order chi connectivity index (χ0) is 18.3. The number of rotatable bonds is 7. The molecule has 5 N–H and O–H groups in total. The molecule has 7 nitrogen and oxygen atoms in total. The molecule has 0 bridgehead atoms. The Balaban J connectivity index is 2.50. The highest BCUT2D eigenvalue weighted by atomic mass is 16.2. The van der Waals surface area contributed by atoms with E-state index in [1.165, 1.54) is 0 Å². The van der Waals surface area contributed by atoms with Gasteiger partial charge in [0.1, 0.15) is 0 Å². The van der Waals surface area contributed by atoms with Crippen molar-refractivity contribution in [3.8, 4) is 0 Å². The van der Waals surface area contributed by atoms with Crippen LogP contribution in [0.5, 0.6) is 0 Å². The van der Waals surface area contributed by atoms with Crippen molar-refractivity contribution < 1.29 is 14.4 Å². The molecular weight excluding hydrogens is 308 g/mol. The summed E-state index contributed by atoms with van der Waals surface area (Å²) in [4.78, 5) is 35.3. The number of carbonyl (C=O) groups is 3. The minimum absolute atomic E-state index is 0.00223. The third kappa shape index (κ3) is 6.37. The second-order valence-corrected chi connectivity index (χ2v) is 6.24. The number of nitrogens with two attached hydrogens (primary N) is 1. The lowest BCUT2D eigenvalue weighted by molar-refractivity contribution is -0.125. The molecule has 132 valence electrons. The van der Waals surface area contributed by atoms with E-state index in [9.17, 15) is 14.4 Å². The summed E-state index contributed by atoms with van der Waals surface area (Å²) in [7, 11) is 0. The summed E-state index contributed by atoms with van der Waals surface area (Å²) in [5.41, 5.74) is 6.75. The molecule has 0 aromatic heterocycles. The Bertz CT molecular complexity index is 582. The van der Waals surface area contributed by atoms with Crippen molar-refractivity contribution >= 4 is 23.4 Å². The van der Waals surface area contributed by atoms with E-state index in [-0.39, 0.29) is 36.2 Å². The van der Waals surface area contributed by atoms with Crippen molar-refractivity contribution in [2.24, 2.45) is 11.7 Å². The Labute approximate surface area is 142 Å². The van der Waals surface area contributed by atoms with Gasteiger partial charge < -0.3 is 21.7 Å². The number of anilines is 1. The summed E-state index contributed by atoms with van der Waals surface area (Å²) in [6.07, 6.45) is 0. The number of amides is 3. The number of nitrogens with one attached hydrogen (secondary N) is 3. The van der Waals surface area contributed by atoms with Gasteiger partial charge in [-0.3, -0.25) is 14.4 Å². The van der Waals surface area contributed by atoms with Crippen molar-refractivity contribution in [1.82, 2.24) is 10.6 Å². The molecule has 0 radical (unpaired) electrons. The van der Waals surface area contributed by atoms with Crippen LogP contribution in [0, 0.1) is 5.92 Å². The van der Waals surface area contributed by atoms with Gasteiger partial charge >= 0.3 is 0 Å². The second-order valence-electron chi connectivity index (χ2n) is 6.24. The molecular formula is C17H26N4O3. The van der Waals surface area contributed by atoms with E-state index in [2.05, 4.69) is 16.0 Å². The average molecular weight is 334 g/mol. The van der Waals surface area contributed by atoms with E-state index in [1.54, 1.807) is 24.3 Å². The summed E-state index contributed by atoms with van der Waals surface area (Å²) in [5, 5.41) is 7.93. The lowest BCUT2D eigenvalue weighted by Crippen LogP contribution is -2.46. The summed E-state index contributed by atoms with van der Waals surface area (Å²) in [6.45, 7) is 7.27. The minimum atomic E-state index is -0.642. The smallest absolute Gasteiger partial charge is 0.251 e. The van der Waals surface area contributed by atoms with Gasteiger partial charge in [-0.25, -0.2) is 0 Å². The minimum Gasteiger partial charge on any atom is -0.350 e. The summed E-state index contributed by atoms with van der Waals surface area (Å²) in [5.74, 6) is -0.894. The Morgan fingerprint density at radius 2 is 1.62 bits per heavy atom. The number of hydrogen-bond donors (Lipinski definition) is 4. The normalized spacial score (nSPS) is 12.0. The summed E-state index contributed by atoms with van der Waals surface area (Å²) < 4.78 is 0. The van der Waals surface area contributed by atoms with Gasteiger partial charge in [-0.1, -0.05) is 13.8 Å². The molecule has 1 aromatic carbocycles. The van der Waals surface area contributed by atoms with Crippen LogP contribution in [0.4, 0.5) is 5.69 Å². The van der Waals surface area contributed by atoms with Gasteiger partial charge in [0.15, 0.2) is 0 Å². The fourth-order valence-corrected chi connectivity index (χ4v) is 1.84. The standard InChI is InChI=1S/C17H26N4O3/c1-10(2)15(18)17(24)19-9-14(22)21-13-7-5-12(6-8-13)16(23)20-11(3)4/h5-8,10-11,15H,9,18H2,1-4H3,(H,19,24)(H,20,23)(H,21,22)/t15-/m0/s1. The first-order valence-corrected chi connectivity index (χ1v) is 7.94. The second kappa shape index (κ2) is 9.02. The van der Waals surface area contributed by atoms with Crippen LogP contribution >= 0.6 is 0 Å². The Hall–Kier alpha value is -2.41. The van der Waals surface area contributed by atoms with E-state index in [0.717, 1.165) is 0 Å². The molecule has 1 rings (SSSR count). The largest absolute Gasteiger partial charge is 0.350 e. The number of hydrogen-bond acceptors (Lipinski definition) is 4. The van der Waals surface area contributed by atoms with Gasteiger partial charge in [0.2, 0.25) is 11.8 Å². The monoisotopic (exact) mass is 334 g/mol. The first-order chi connectivity index (χ1) is 11.2. The topological polar surface area (TPSA) is 113 Å². The molecule has 0 aliphatic heterocycles. The zero-order valence-electron chi connectivity index (χ0n) is 14.6. The average Bonchev–Trinajstić information content (AvgIpc) is 2.51. The van der Waals surface area contributed by atoms with Crippen molar-refractivity contribution in [1.29, 1.82) is 0 Å². The van der Waals surface area contributed by atoms with Crippen LogP contribution in [-0.4, -0.2) is 36.3 Å². The summed E-state index contributed by atoms with van der Waals surface area (Å²) in [6, 6.07) is 5.93. The van der Waals surface area contributed by atoms with Gasteiger partial charge in [0.05, 0.1) is 12.6 Å². The number of benzene rings is 1.